The fourth-order valence-electron chi connectivity index (χ4n) is 1.12. The highest BCUT2D eigenvalue weighted by atomic mass is 35.5. The highest BCUT2D eigenvalue weighted by molar-refractivity contribution is 7.80. The van der Waals surface area contributed by atoms with Crippen LogP contribution >= 0.6 is 23.8 Å². The molecule has 0 aliphatic rings. The Morgan fingerprint density at radius 2 is 2.33 bits per heavy atom. The van der Waals surface area contributed by atoms with Crippen LogP contribution in [0.2, 0.25) is 5.02 Å². The normalized spacial score (nSPS) is 10.2. The highest BCUT2D eigenvalue weighted by Crippen LogP contribution is 2.10. The summed E-state index contributed by atoms with van der Waals surface area (Å²) in [4.78, 5) is 4.46. The van der Waals surface area contributed by atoms with Gasteiger partial charge >= 0.3 is 0 Å². The molecule has 0 saturated heterocycles. The van der Waals surface area contributed by atoms with Crippen molar-refractivity contribution in [3.8, 4) is 5.82 Å². The lowest BCUT2D eigenvalue weighted by atomic mass is 10.2. The lowest BCUT2D eigenvalue weighted by molar-refractivity contribution is 0.846. The molecule has 0 saturated carbocycles. The second kappa shape index (κ2) is 3.96. The number of nitrogens with zero attached hydrogens (tertiary/aromatic N) is 3. The van der Waals surface area contributed by atoms with E-state index in [2.05, 4.69) is 10.1 Å². The van der Waals surface area contributed by atoms with Crippen molar-refractivity contribution in [2.75, 3.05) is 0 Å². The zero-order valence-electron chi connectivity index (χ0n) is 7.59. The molecular formula is C9H7ClN4S. The van der Waals surface area contributed by atoms with Crippen LogP contribution in [0.15, 0.2) is 30.7 Å². The number of hydrogen-bond donors (Lipinski definition) is 1. The van der Waals surface area contributed by atoms with Crippen molar-refractivity contribution in [3.63, 3.8) is 0 Å². The fourth-order valence-corrected chi connectivity index (χ4v) is 1.39. The van der Waals surface area contributed by atoms with E-state index in [0.717, 1.165) is 5.56 Å². The molecule has 0 amide bonds. The molecule has 0 spiro atoms. The minimum Gasteiger partial charge on any atom is -0.389 e. The number of halogens is 1. The van der Waals surface area contributed by atoms with Gasteiger partial charge in [0.15, 0.2) is 5.82 Å². The molecule has 2 aromatic rings. The monoisotopic (exact) mass is 238 g/mol. The van der Waals surface area contributed by atoms with Crippen LogP contribution in [0.3, 0.4) is 0 Å². The maximum Gasteiger partial charge on any atom is 0.153 e. The van der Waals surface area contributed by atoms with Crippen molar-refractivity contribution in [3.05, 3.63) is 41.3 Å². The van der Waals surface area contributed by atoms with E-state index in [1.165, 1.54) is 6.20 Å². The zero-order valence-corrected chi connectivity index (χ0v) is 9.16. The summed E-state index contributed by atoms with van der Waals surface area (Å²) in [6.07, 6.45) is 4.82. The molecule has 0 unspecified atom stereocenters. The van der Waals surface area contributed by atoms with E-state index in [4.69, 9.17) is 29.6 Å². The molecule has 0 aliphatic heterocycles. The zero-order chi connectivity index (χ0) is 10.8. The van der Waals surface area contributed by atoms with Gasteiger partial charge in [-0.2, -0.15) is 5.10 Å². The molecule has 2 heterocycles. The topological polar surface area (TPSA) is 56.7 Å². The minimum absolute atomic E-state index is 0.330. The van der Waals surface area contributed by atoms with Gasteiger partial charge in [-0.25, -0.2) is 9.67 Å². The van der Waals surface area contributed by atoms with Gasteiger partial charge in [-0.1, -0.05) is 23.8 Å². The van der Waals surface area contributed by atoms with Crippen LogP contribution in [0, 0.1) is 0 Å². The highest BCUT2D eigenvalue weighted by Gasteiger charge is 2.03. The predicted octanol–water partition coefficient (Wildman–Crippen LogP) is 1.55. The van der Waals surface area contributed by atoms with Gasteiger partial charge in [0.1, 0.15) is 4.99 Å². The smallest absolute Gasteiger partial charge is 0.153 e. The van der Waals surface area contributed by atoms with Crippen molar-refractivity contribution in [1.82, 2.24) is 14.8 Å². The molecule has 0 radical (unpaired) electrons. The molecule has 4 nitrogen and oxygen atoms in total. The molecule has 0 fully saturated rings. The lowest BCUT2D eigenvalue weighted by Gasteiger charge is -2.02. The van der Waals surface area contributed by atoms with Crippen molar-refractivity contribution in [1.29, 1.82) is 0 Å². The van der Waals surface area contributed by atoms with Crippen LogP contribution in [-0.2, 0) is 0 Å². The van der Waals surface area contributed by atoms with Crippen molar-refractivity contribution in [2.24, 2.45) is 5.73 Å². The van der Waals surface area contributed by atoms with Gasteiger partial charge in [-0.3, -0.25) is 0 Å². The standard InChI is InChI=1S/C9H7ClN4S/c10-7-4-13-14(5-7)8-3-6(9(11)15)1-2-12-8/h1-5H,(H2,11,15). The second-order valence-corrected chi connectivity index (χ2v) is 3.75. The van der Waals surface area contributed by atoms with E-state index in [0.29, 0.717) is 15.8 Å². The molecule has 2 N–H and O–H groups in total. The fraction of sp³-hybridized carbons (Fsp3) is 0. The molecule has 0 aliphatic carbocycles. The number of rotatable bonds is 2. The van der Waals surface area contributed by atoms with Gasteiger partial charge in [0.25, 0.3) is 0 Å². The van der Waals surface area contributed by atoms with Gasteiger partial charge in [0, 0.05) is 11.8 Å². The molecular weight excluding hydrogens is 232 g/mol. The molecule has 2 aromatic heterocycles. The van der Waals surface area contributed by atoms with Gasteiger partial charge in [-0.05, 0) is 12.1 Å². The lowest BCUT2D eigenvalue weighted by Crippen LogP contribution is -2.10. The Balaban J connectivity index is 2.45. The summed E-state index contributed by atoms with van der Waals surface area (Å²) >= 11 is 10.6. The largest absolute Gasteiger partial charge is 0.389 e. The van der Waals surface area contributed by atoms with E-state index in [1.807, 2.05) is 0 Å². The van der Waals surface area contributed by atoms with E-state index >= 15 is 0 Å². The number of pyridine rings is 1. The first-order valence-electron chi connectivity index (χ1n) is 4.13. The van der Waals surface area contributed by atoms with E-state index in [9.17, 15) is 0 Å². The molecule has 2 rings (SSSR count). The molecule has 0 atom stereocenters. The van der Waals surface area contributed by atoms with Gasteiger partial charge in [-0.15, -0.1) is 0 Å². The number of nitrogens with two attached hydrogens (primary N) is 1. The number of thiocarbonyl (C=S) groups is 1. The number of aromatic nitrogens is 3. The van der Waals surface area contributed by atoms with Crippen LogP contribution < -0.4 is 5.73 Å². The first kappa shape index (κ1) is 10.1. The van der Waals surface area contributed by atoms with Crippen LogP contribution in [0.5, 0.6) is 0 Å². The van der Waals surface area contributed by atoms with Gasteiger partial charge in [0.2, 0.25) is 0 Å². The third kappa shape index (κ3) is 2.14. The van der Waals surface area contributed by atoms with Crippen LogP contribution in [0.1, 0.15) is 5.56 Å². The average Bonchev–Trinajstić information content (AvgIpc) is 2.65. The Morgan fingerprint density at radius 1 is 1.53 bits per heavy atom. The summed E-state index contributed by atoms with van der Waals surface area (Å²) in [5.74, 6) is 0.632. The SMILES string of the molecule is NC(=S)c1ccnc(-n2cc(Cl)cn2)c1. The van der Waals surface area contributed by atoms with Crippen LogP contribution in [0.4, 0.5) is 0 Å². The maximum absolute atomic E-state index is 5.75. The Bertz CT molecular complexity index is 508. The molecule has 76 valence electrons. The molecule has 0 aromatic carbocycles. The Kier molecular flexibility index (Phi) is 2.66. The summed E-state index contributed by atoms with van der Waals surface area (Å²) in [6.45, 7) is 0. The first-order chi connectivity index (χ1) is 7.16. The second-order valence-electron chi connectivity index (χ2n) is 2.87. The summed E-state index contributed by atoms with van der Waals surface area (Å²) in [5, 5.41) is 4.58. The summed E-state index contributed by atoms with van der Waals surface area (Å²) in [5.41, 5.74) is 6.27. The third-order valence-corrected chi connectivity index (χ3v) is 2.25. The van der Waals surface area contributed by atoms with Crippen LogP contribution in [0.25, 0.3) is 5.82 Å². The average molecular weight is 239 g/mol. The molecule has 0 bridgehead atoms. The van der Waals surface area contributed by atoms with Crippen molar-refractivity contribution >= 4 is 28.8 Å². The Labute approximate surface area is 96.7 Å². The van der Waals surface area contributed by atoms with Crippen molar-refractivity contribution in [2.45, 2.75) is 0 Å². The Morgan fingerprint density at radius 3 is 2.93 bits per heavy atom. The summed E-state index contributed by atoms with van der Waals surface area (Å²) in [6, 6.07) is 3.50. The molecule has 15 heavy (non-hydrogen) atoms. The Hall–Kier alpha value is -1.46. The summed E-state index contributed by atoms with van der Waals surface area (Å²) in [7, 11) is 0. The van der Waals surface area contributed by atoms with Crippen LogP contribution in [-0.4, -0.2) is 19.8 Å². The van der Waals surface area contributed by atoms with Gasteiger partial charge < -0.3 is 5.73 Å². The number of hydrogen-bond acceptors (Lipinski definition) is 3. The predicted molar refractivity (Wildman–Crippen MR) is 62.3 cm³/mol. The van der Waals surface area contributed by atoms with E-state index in [-0.39, 0.29) is 0 Å². The van der Waals surface area contributed by atoms with Crippen molar-refractivity contribution < 1.29 is 0 Å². The molecule has 6 heteroatoms. The summed E-state index contributed by atoms with van der Waals surface area (Å²) < 4.78 is 1.56. The van der Waals surface area contributed by atoms with E-state index in [1.54, 1.807) is 29.2 Å². The third-order valence-electron chi connectivity index (χ3n) is 1.82. The van der Waals surface area contributed by atoms with Gasteiger partial charge in [0.05, 0.1) is 17.4 Å². The maximum atomic E-state index is 5.75. The quantitative estimate of drug-likeness (QED) is 0.807. The first-order valence-corrected chi connectivity index (χ1v) is 4.92. The van der Waals surface area contributed by atoms with E-state index < -0.39 is 0 Å². The minimum atomic E-state index is 0.330.